The van der Waals surface area contributed by atoms with Gasteiger partial charge in [-0.15, -0.1) is 0 Å². The minimum absolute atomic E-state index is 0.00844. The molecule has 1 aliphatic carbocycles. The molecule has 1 aromatic rings. The van der Waals surface area contributed by atoms with Crippen LogP contribution in [0.5, 0.6) is 0 Å². The third kappa shape index (κ3) is 5.13. The molecular formula is C21H33N3O3S. The lowest BCUT2D eigenvalue weighted by atomic mass is 9.87. The van der Waals surface area contributed by atoms with Gasteiger partial charge < -0.3 is 5.32 Å². The summed E-state index contributed by atoms with van der Waals surface area (Å²) in [6.07, 6.45) is 2.41. The van der Waals surface area contributed by atoms with Gasteiger partial charge in [-0.05, 0) is 48.8 Å². The van der Waals surface area contributed by atoms with Crippen LogP contribution in [0.4, 0.5) is 0 Å². The highest BCUT2D eigenvalue weighted by Crippen LogP contribution is 2.32. The maximum Gasteiger partial charge on any atom is 0.243 e. The smallest absolute Gasteiger partial charge is 0.243 e. The van der Waals surface area contributed by atoms with E-state index in [1.807, 2.05) is 17.0 Å². The van der Waals surface area contributed by atoms with E-state index in [0.717, 1.165) is 5.56 Å². The number of benzene rings is 1. The summed E-state index contributed by atoms with van der Waals surface area (Å²) in [6.45, 7) is 10.7. The van der Waals surface area contributed by atoms with Gasteiger partial charge in [0.2, 0.25) is 15.9 Å². The molecule has 0 aromatic heterocycles. The van der Waals surface area contributed by atoms with E-state index in [1.165, 1.54) is 17.1 Å². The summed E-state index contributed by atoms with van der Waals surface area (Å²) in [5.74, 6) is 0.670. The summed E-state index contributed by atoms with van der Waals surface area (Å²) in [5, 5.41) is 3.06. The fourth-order valence-electron chi connectivity index (χ4n) is 3.62. The van der Waals surface area contributed by atoms with E-state index in [0.29, 0.717) is 43.5 Å². The highest BCUT2D eigenvalue weighted by atomic mass is 32.2. The largest absolute Gasteiger partial charge is 0.352 e. The van der Waals surface area contributed by atoms with E-state index >= 15 is 0 Å². The van der Waals surface area contributed by atoms with Crippen molar-refractivity contribution in [2.24, 2.45) is 5.92 Å². The van der Waals surface area contributed by atoms with Gasteiger partial charge in [0.1, 0.15) is 0 Å². The average Bonchev–Trinajstić information content (AvgIpc) is 3.46. The molecule has 1 amide bonds. The highest BCUT2D eigenvalue weighted by Gasteiger charge is 2.31. The average molecular weight is 408 g/mol. The molecule has 28 heavy (non-hydrogen) atoms. The van der Waals surface area contributed by atoms with Crippen molar-refractivity contribution in [3.63, 3.8) is 0 Å². The van der Waals surface area contributed by atoms with Gasteiger partial charge >= 0.3 is 0 Å². The third-order valence-electron chi connectivity index (χ3n) is 5.77. The van der Waals surface area contributed by atoms with Crippen LogP contribution >= 0.6 is 0 Å². The number of carbonyl (C=O) groups excluding carboxylic acids is 1. The standard InChI is InChI=1S/C21H33N3O3S/c1-16(17-5-6-17)22-20(25)15-23-11-13-24(14-12-23)28(26,27)19-9-7-18(8-10-19)21(2,3)4/h7-10,16-17H,5-6,11-15H2,1-4H3,(H,22,25)/t16-/m0/s1. The van der Waals surface area contributed by atoms with Crippen molar-refractivity contribution < 1.29 is 13.2 Å². The number of piperazine rings is 1. The SMILES string of the molecule is C[C@H](NC(=O)CN1CCN(S(=O)(=O)c2ccc(C(C)(C)C)cc2)CC1)C1CC1. The Morgan fingerprint density at radius 3 is 2.18 bits per heavy atom. The minimum Gasteiger partial charge on any atom is -0.352 e. The van der Waals surface area contributed by atoms with Gasteiger partial charge in [0.25, 0.3) is 0 Å². The number of hydrogen-bond acceptors (Lipinski definition) is 4. The minimum atomic E-state index is -3.49. The molecule has 1 atom stereocenters. The second-order valence-electron chi connectivity index (χ2n) is 9.15. The summed E-state index contributed by atoms with van der Waals surface area (Å²) in [6, 6.07) is 7.44. The molecule has 2 aliphatic rings. The topological polar surface area (TPSA) is 69.7 Å². The van der Waals surface area contributed by atoms with Crippen molar-refractivity contribution in [1.82, 2.24) is 14.5 Å². The number of amides is 1. The van der Waals surface area contributed by atoms with Crippen molar-refractivity contribution in [2.75, 3.05) is 32.7 Å². The number of carbonyl (C=O) groups is 1. The molecule has 0 unspecified atom stereocenters. The quantitative estimate of drug-likeness (QED) is 0.785. The molecule has 0 bridgehead atoms. The van der Waals surface area contributed by atoms with Crippen molar-refractivity contribution in [3.8, 4) is 0 Å². The Labute approximate surface area is 169 Å². The predicted octanol–water partition coefficient (Wildman–Crippen LogP) is 2.21. The van der Waals surface area contributed by atoms with E-state index in [2.05, 4.69) is 33.0 Å². The number of rotatable bonds is 6. The fraction of sp³-hybridized carbons (Fsp3) is 0.667. The summed E-state index contributed by atoms with van der Waals surface area (Å²) in [5.41, 5.74) is 1.11. The highest BCUT2D eigenvalue weighted by molar-refractivity contribution is 7.89. The predicted molar refractivity (Wildman–Crippen MR) is 111 cm³/mol. The first-order valence-corrected chi connectivity index (χ1v) is 11.6. The molecule has 1 saturated heterocycles. The Bertz CT molecular complexity index is 787. The van der Waals surface area contributed by atoms with Crippen LogP contribution in [-0.4, -0.2) is 62.3 Å². The van der Waals surface area contributed by atoms with Gasteiger partial charge in [-0.1, -0.05) is 32.9 Å². The molecular weight excluding hydrogens is 374 g/mol. The van der Waals surface area contributed by atoms with Crippen molar-refractivity contribution in [1.29, 1.82) is 0 Å². The van der Waals surface area contributed by atoms with E-state index < -0.39 is 10.0 Å². The molecule has 0 spiro atoms. The van der Waals surface area contributed by atoms with E-state index in [4.69, 9.17) is 0 Å². The van der Waals surface area contributed by atoms with Crippen LogP contribution in [0.3, 0.4) is 0 Å². The molecule has 0 radical (unpaired) electrons. The molecule has 7 heteroatoms. The van der Waals surface area contributed by atoms with E-state index in [9.17, 15) is 13.2 Å². The van der Waals surface area contributed by atoms with Gasteiger partial charge in [0, 0.05) is 32.2 Å². The summed E-state index contributed by atoms with van der Waals surface area (Å²) < 4.78 is 27.4. The van der Waals surface area contributed by atoms with Crippen molar-refractivity contribution in [2.45, 2.75) is 56.9 Å². The maximum atomic E-state index is 12.9. The van der Waals surface area contributed by atoms with Gasteiger partial charge in [-0.25, -0.2) is 8.42 Å². The third-order valence-corrected chi connectivity index (χ3v) is 7.69. The van der Waals surface area contributed by atoms with Crippen LogP contribution in [0.1, 0.15) is 46.1 Å². The Morgan fingerprint density at radius 2 is 1.68 bits per heavy atom. The van der Waals surface area contributed by atoms with Crippen molar-refractivity contribution >= 4 is 15.9 Å². The van der Waals surface area contributed by atoms with Gasteiger partial charge in [-0.3, -0.25) is 9.69 Å². The molecule has 3 rings (SSSR count). The fourth-order valence-corrected chi connectivity index (χ4v) is 5.04. The Kier molecular flexibility index (Phi) is 6.17. The summed E-state index contributed by atoms with van der Waals surface area (Å²) >= 11 is 0. The molecule has 6 nitrogen and oxygen atoms in total. The van der Waals surface area contributed by atoms with E-state index in [-0.39, 0.29) is 17.4 Å². The number of nitrogens with one attached hydrogen (secondary N) is 1. The molecule has 2 fully saturated rings. The van der Waals surface area contributed by atoms with Gasteiger partial charge in [0.15, 0.2) is 0 Å². The second kappa shape index (κ2) is 8.13. The first-order valence-electron chi connectivity index (χ1n) is 10.2. The Morgan fingerprint density at radius 1 is 1.11 bits per heavy atom. The van der Waals surface area contributed by atoms with Crippen LogP contribution in [-0.2, 0) is 20.2 Å². The normalized spacial score (nSPS) is 20.7. The van der Waals surface area contributed by atoms with Crippen LogP contribution in [0, 0.1) is 5.92 Å². The van der Waals surface area contributed by atoms with Crippen LogP contribution < -0.4 is 5.32 Å². The Balaban J connectivity index is 1.53. The van der Waals surface area contributed by atoms with Gasteiger partial charge in [-0.2, -0.15) is 4.31 Å². The lowest BCUT2D eigenvalue weighted by molar-refractivity contribution is -0.123. The number of nitrogens with zero attached hydrogens (tertiary/aromatic N) is 2. The lowest BCUT2D eigenvalue weighted by Crippen LogP contribution is -2.51. The maximum absolute atomic E-state index is 12.9. The number of sulfonamides is 1. The zero-order valence-electron chi connectivity index (χ0n) is 17.4. The summed E-state index contributed by atoms with van der Waals surface area (Å²) in [4.78, 5) is 14.6. The molecule has 1 aliphatic heterocycles. The zero-order valence-corrected chi connectivity index (χ0v) is 18.3. The summed E-state index contributed by atoms with van der Waals surface area (Å²) in [7, 11) is -3.49. The molecule has 1 saturated carbocycles. The van der Waals surface area contributed by atoms with Crippen LogP contribution in [0.15, 0.2) is 29.2 Å². The molecule has 156 valence electrons. The van der Waals surface area contributed by atoms with Crippen molar-refractivity contribution in [3.05, 3.63) is 29.8 Å². The van der Waals surface area contributed by atoms with Crippen LogP contribution in [0.25, 0.3) is 0 Å². The molecule has 1 aromatic carbocycles. The first kappa shape index (κ1) is 21.3. The number of hydrogen-bond donors (Lipinski definition) is 1. The Hall–Kier alpha value is -1.44. The second-order valence-corrected chi connectivity index (χ2v) is 11.1. The van der Waals surface area contributed by atoms with Gasteiger partial charge in [0.05, 0.1) is 11.4 Å². The monoisotopic (exact) mass is 407 g/mol. The van der Waals surface area contributed by atoms with Crippen LogP contribution in [0.2, 0.25) is 0 Å². The molecule has 1 heterocycles. The zero-order chi connectivity index (χ0) is 20.5. The van der Waals surface area contributed by atoms with E-state index in [1.54, 1.807) is 12.1 Å². The lowest BCUT2D eigenvalue weighted by Gasteiger charge is -2.33. The first-order chi connectivity index (χ1) is 13.1. The molecule has 1 N–H and O–H groups in total.